The number of unbranched alkanes of at least 4 members (excludes halogenated alkanes) is 1. The predicted molar refractivity (Wildman–Crippen MR) is 75.9 cm³/mol. The van der Waals surface area contributed by atoms with Crippen molar-refractivity contribution in [2.75, 3.05) is 0 Å². The van der Waals surface area contributed by atoms with Crippen molar-refractivity contribution < 1.29 is 4.79 Å². The Morgan fingerprint density at radius 1 is 1.50 bits per heavy atom. The molecule has 2 rings (SSSR count). The highest BCUT2D eigenvalue weighted by molar-refractivity contribution is 7.20. The summed E-state index contributed by atoms with van der Waals surface area (Å²) in [4.78, 5) is 11.1. The number of hydrogen-bond acceptors (Lipinski definition) is 3. The Morgan fingerprint density at radius 3 is 2.83 bits per heavy atom. The first-order valence-electron chi connectivity index (χ1n) is 5.63. The van der Waals surface area contributed by atoms with Gasteiger partial charge >= 0.3 is 0 Å². The fourth-order valence-corrected chi connectivity index (χ4v) is 3.13. The number of aldehydes is 1. The van der Waals surface area contributed by atoms with E-state index >= 15 is 0 Å². The van der Waals surface area contributed by atoms with Gasteiger partial charge in [-0.3, -0.25) is 9.48 Å². The summed E-state index contributed by atoms with van der Waals surface area (Å²) >= 11 is 13.3. The Balaban J connectivity index is 2.40. The molecule has 0 spiro atoms. The van der Waals surface area contributed by atoms with Crippen LogP contribution in [0.4, 0.5) is 0 Å². The lowest BCUT2D eigenvalue weighted by Gasteiger charge is -1.98. The number of rotatable bonds is 5. The molecule has 0 amide bonds. The fourth-order valence-electron chi connectivity index (χ4n) is 1.67. The standard InChI is InChI=1S/C12H12Cl2N2OS/c1-2-3-4-16-6-8(7-17)11(15-16)9-5-10(13)18-12(9)14/h5-7H,2-4H2,1H3. The minimum atomic E-state index is 0.544. The van der Waals surface area contributed by atoms with Crippen molar-refractivity contribution in [1.29, 1.82) is 0 Å². The van der Waals surface area contributed by atoms with Gasteiger partial charge in [-0.2, -0.15) is 5.10 Å². The highest BCUT2D eigenvalue weighted by atomic mass is 35.5. The number of hydrogen-bond donors (Lipinski definition) is 0. The summed E-state index contributed by atoms with van der Waals surface area (Å²) in [6.45, 7) is 2.91. The van der Waals surface area contributed by atoms with E-state index in [-0.39, 0.29) is 0 Å². The van der Waals surface area contributed by atoms with Crippen LogP contribution in [-0.4, -0.2) is 16.1 Å². The van der Waals surface area contributed by atoms with Gasteiger partial charge in [0.25, 0.3) is 0 Å². The number of nitrogens with zero attached hydrogens (tertiary/aromatic N) is 2. The maximum absolute atomic E-state index is 11.1. The molecule has 0 aliphatic carbocycles. The summed E-state index contributed by atoms with van der Waals surface area (Å²) in [5.41, 5.74) is 1.88. The molecule has 3 nitrogen and oxygen atoms in total. The van der Waals surface area contributed by atoms with Crippen LogP contribution in [0.1, 0.15) is 30.1 Å². The van der Waals surface area contributed by atoms with E-state index in [1.54, 1.807) is 16.9 Å². The highest BCUT2D eigenvalue weighted by Gasteiger charge is 2.16. The SMILES string of the molecule is CCCCn1cc(C=O)c(-c2cc(Cl)sc2Cl)n1. The lowest BCUT2D eigenvalue weighted by molar-refractivity contribution is 0.112. The number of carbonyl (C=O) groups excluding carboxylic acids is 1. The van der Waals surface area contributed by atoms with Crippen LogP contribution in [0.3, 0.4) is 0 Å². The van der Waals surface area contributed by atoms with Crippen molar-refractivity contribution in [2.45, 2.75) is 26.3 Å². The van der Waals surface area contributed by atoms with Crippen molar-refractivity contribution in [1.82, 2.24) is 9.78 Å². The van der Waals surface area contributed by atoms with Crippen LogP contribution in [0.2, 0.25) is 8.67 Å². The van der Waals surface area contributed by atoms with Gasteiger partial charge in [0.15, 0.2) is 6.29 Å². The van der Waals surface area contributed by atoms with Gasteiger partial charge in [-0.25, -0.2) is 0 Å². The van der Waals surface area contributed by atoms with Crippen LogP contribution in [0, 0.1) is 0 Å². The number of aryl methyl sites for hydroxylation is 1. The first-order valence-corrected chi connectivity index (χ1v) is 7.20. The minimum absolute atomic E-state index is 0.544. The van der Waals surface area contributed by atoms with Crippen LogP contribution in [0.5, 0.6) is 0 Å². The number of aromatic nitrogens is 2. The number of carbonyl (C=O) groups is 1. The predicted octanol–water partition coefficient (Wildman–Crippen LogP) is 4.53. The van der Waals surface area contributed by atoms with Crippen LogP contribution < -0.4 is 0 Å². The van der Waals surface area contributed by atoms with Gasteiger partial charge in [0.05, 0.1) is 9.90 Å². The third-order valence-corrected chi connectivity index (χ3v) is 4.06. The molecule has 0 atom stereocenters. The molecule has 0 radical (unpaired) electrons. The lowest BCUT2D eigenvalue weighted by atomic mass is 10.2. The fraction of sp³-hybridized carbons (Fsp3) is 0.333. The maximum atomic E-state index is 11.1. The Labute approximate surface area is 119 Å². The normalized spacial score (nSPS) is 10.8. The molecule has 0 aromatic carbocycles. The Hall–Kier alpha value is -0.840. The van der Waals surface area contributed by atoms with Gasteiger partial charge in [0, 0.05) is 18.3 Å². The summed E-state index contributed by atoms with van der Waals surface area (Å²) < 4.78 is 2.93. The van der Waals surface area contributed by atoms with E-state index in [1.165, 1.54) is 11.3 Å². The molecular weight excluding hydrogens is 291 g/mol. The molecule has 2 aromatic rings. The lowest BCUT2D eigenvalue weighted by Crippen LogP contribution is -1.97. The first-order chi connectivity index (χ1) is 8.65. The van der Waals surface area contributed by atoms with Gasteiger partial charge < -0.3 is 0 Å². The van der Waals surface area contributed by atoms with Crippen molar-refractivity contribution in [3.05, 3.63) is 26.5 Å². The molecule has 18 heavy (non-hydrogen) atoms. The number of thiophene rings is 1. The summed E-state index contributed by atoms with van der Waals surface area (Å²) in [6.07, 6.45) is 4.65. The summed E-state index contributed by atoms with van der Waals surface area (Å²) in [5, 5.41) is 4.41. The van der Waals surface area contributed by atoms with E-state index in [1.807, 2.05) is 0 Å². The summed E-state index contributed by atoms with van der Waals surface area (Å²) in [5.74, 6) is 0. The van der Waals surface area contributed by atoms with Crippen LogP contribution in [0.15, 0.2) is 12.3 Å². The van der Waals surface area contributed by atoms with E-state index in [0.29, 0.717) is 19.9 Å². The molecule has 2 aromatic heterocycles. The third kappa shape index (κ3) is 2.76. The molecule has 0 saturated heterocycles. The Kier molecular flexibility index (Phi) is 4.43. The third-order valence-electron chi connectivity index (χ3n) is 2.57. The van der Waals surface area contributed by atoms with Gasteiger partial charge in [-0.05, 0) is 12.5 Å². The second-order valence-electron chi connectivity index (χ2n) is 3.91. The van der Waals surface area contributed by atoms with Gasteiger partial charge in [0.1, 0.15) is 10.0 Å². The topological polar surface area (TPSA) is 34.9 Å². The molecule has 0 N–H and O–H groups in total. The molecule has 96 valence electrons. The molecule has 2 heterocycles. The molecular formula is C12H12Cl2N2OS. The Morgan fingerprint density at radius 2 is 2.28 bits per heavy atom. The molecule has 0 unspecified atom stereocenters. The van der Waals surface area contributed by atoms with Gasteiger partial charge in [-0.15, -0.1) is 11.3 Å². The zero-order valence-electron chi connectivity index (χ0n) is 9.82. The van der Waals surface area contributed by atoms with Gasteiger partial charge in [-0.1, -0.05) is 36.5 Å². The van der Waals surface area contributed by atoms with Crippen molar-refractivity contribution >= 4 is 40.8 Å². The summed E-state index contributed by atoms with van der Waals surface area (Å²) in [7, 11) is 0. The zero-order chi connectivity index (χ0) is 13.1. The highest BCUT2D eigenvalue weighted by Crippen LogP contribution is 2.38. The average Bonchev–Trinajstić information content (AvgIpc) is 2.89. The quantitative estimate of drug-likeness (QED) is 0.761. The second-order valence-corrected chi connectivity index (χ2v) is 6.19. The van der Waals surface area contributed by atoms with E-state index < -0.39 is 0 Å². The Bertz CT molecular complexity index is 562. The van der Waals surface area contributed by atoms with Crippen LogP contribution >= 0.6 is 34.5 Å². The molecule has 6 heteroatoms. The molecule has 0 aliphatic rings. The zero-order valence-corrected chi connectivity index (χ0v) is 12.1. The molecule has 0 aliphatic heterocycles. The monoisotopic (exact) mass is 302 g/mol. The first kappa shape index (κ1) is 13.6. The van der Waals surface area contributed by atoms with Crippen molar-refractivity contribution in [2.24, 2.45) is 0 Å². The van der Waals surface area contributed by atoms with Crippen LogP contribution in [0.25, 0.3) is 11.3 Å². The molecule has 0 fully saturated rings. The largest absolute Gasteiger partial charge is 0.298 e. The van der Waals surface area contributed by atoms with E-state index in [4.69, 9.17) is 23.2 Å². The maximum Gasteiger partial charge on any atom is 0.153 e. The minimum Gasteiger partial charge on any atom is -0.298 e. The molecule has 0 saturated carbocycles. The molecule has 0 bridgehead atoms. The average molecular weight is 303 g/mol. The summed E-state index contributed by atoms with van der Waals surface area (Å²) in [6, 6.07) is 1.74. The van der Waals surface area contributed by atoms with E-state index in [0.717, 1.165) is 31.2 Å². The van der Waals surface area contributed by atoms with Gasteiger partial charge in [0.2, 0.25) is 0 Å². The second kappa shape index (κ2) is 5.87. The van der Waals surface area contributed by atoms with Crippen molar-refractivity contribution in [3.8, 4) is 11.3 Å². The number of halogens is 2. The van der Waals surface area contributed by atoms with E-state index in [9.17, 15) is 4.79 Å². The smallest absolute Gasteiger partial charge is 0.153 e. The van der Waals surface area contributed by atoms with E-state index in [2.05, 4.69) is 12.0 Å². The van der Waals surface area contributed by atoms with Crippen LogP contribution in [-0.2, 0) is 6.54 Å². The van der Waals surface area contributed by atoms with Crippen molar-refractivity contribution in [3.63, 3.8) is 0 Å².